The number of nitrogens with zero attached hydrogens (tertiary/aromatic N) is 5. The number of rotatable bonds is 3. The van der Waals surface area contributed by atoms with Crippen molar-refractivity contribution in [1.29, 1.82) is 0 Å². The summed E-state index contributed by atoms with van der Waals surface area (Å²) in [6, 6.07) is 3.16. The van der Waals surface area contributed by atoms with Crippen molar-refractivity contribution in [2.75, 3.05) is 37.2 Å². The number of fused-ring (bicyclic) bond motifs is 1. The van der Waals surface area contributed by atoms with Crippen LogP contribution in [0.15, 0.2) is 24.7 Å². The lowest BCUT2D eigenvalue weighted by Crippen LogP contribution is -2.40. The third kappa shape index (κ3) is 4.12. The van der Waals surface area contributed by atoms with Gasteiger partial charge >= 0.3 is 0 Å². The SMILES string of the molecule is Cn1cc(C2CN(S)c3ncc(C4CCC(N5CCCOCCC5)CC4)cc32)cn1. The first-order chi connectivity index (χ1) is 14.7. The Morgan fingerprint density at radius 1 is 1.03 bits per heavy atom. The van der Waals surface area contributed by atoms with Crippen LogP contribution in [0.25, 0.3) is 0 Å². The Bertz CT molecular complexity index is 855. The van der Waals surface area contributed by atoms with E-state index in [4.69, 9.17) is 9.72 Å². The first-order valence-corrected chi connectivity index (χ1v) is 11.9. The Morgan fingerprint density at radius 2 is 1.80 bits per heavy atom. The monoisotopic (exact) mass is 427 g/mol. The van der Waals surface area contributed by atoms with Gasteiger partial charge in [-0.15, -0.1) is 0 Å². The van der Waals surface area contributed by atoms with Crippen LogP contribution in [0, 0.1) is 0 Å². The van der Waals surface area contributed by atoms with Crippen LogP contribution >= 0.6 is 12.8 Å². The standard InChI is InChI=1S/C23H33N5OS/c1-26-15-19(14-25-26)22-16-28(30)23-21(22)12-18(13-24-23)17-4-6-20(7-5-17)27-8-2-10-29-11-3-9-27/h12-15,17,20,22,30H,2-11,16H2,1H3. The minimum absolute atomic E-state index is 0.304. The lowest BCUT2D eigenvalue weighted by molar-refractivity contribution is 0.0630. The topological polar surface area (TPSA) is 46.4 Å². The van der Waals surface area contributed by atoms with Crippen molar-refractivity contribution in [3.8, 4) is 0 Å². The maximum absolute atomic E-state index is 5.62. The molecule has 1 saturated carbocycles. The molecule has 4 heterocycles. The van der Waals surface area contributed by atoms with Crippen molar-refractivity contribution in [1.82, 2.24) is 19.7 Å². The fourth-order valence-corrected chi connectivity index (χ4v) is 5.87. The molecule has 2 fully saturated rings. The molecule has 6 nitrogen and oxygen atoms in total. The summed E-state index contributed by atoms with van der Waals surface area (Å²) in [5, 5.41) is 4.38. The average molecular weight is 428 g/mol. The van der Waals surface area contributed by atoms with Gasteiger partial charge in [-0.2, -0.15) is 5.10 Å². The van der Waals surface area contributed by atoms with Crippen LogP contribution in [0.2, 0.25) is 0 Å². The molecular weight excluding hydrogens is 394 g/mol. The first-order valence-electron chi connectivity index (χ1n) is 11.5. The number of thiol groups is 1. The van der Waals surface area contributed by atoms with E-state index in [-0.39, 0.29) is 0 Å². The van der Waals surface area contributed by atoms with E-state index >= 15 is 0 Å². The number of ether oxygens (including phenoxy) is 1. The van der Waals surface area contributed by atoms with Crippen LogP contribution in [0.1, 0.15) is 67.1 Å². The molecule has 5 rings (SSSR count). The number of aromatic nitrogens is 3. The van der Waals surface area contributed by atoms with Gasteiger partial charge in [-0.05, 0) is 61.6 Å². The zero-order valence-electron chi connectivity index (χ0n) is 17.9. The molecule has 1 unspecified atom stereocenters. The van der Waals surface area contributed by atoms with Crippen molar-refractivity contribution in [3.05, 3.63) is 41.3 Å². The highest BCUT2D eigenvalue weighted by Crippen LogP contribution is 2.42. The molecule has 0 bridgehead atoms. The Hall–Kier alpha value is -1.57. The molecule has 30 heavy (non-hydrogen) atoms. The molecule has 2 aromatic rings. The van der Waals surface area contributed by atoms with Crippen LogP contribution in [0.3, 0.4) is 0 Å². The second-order valence-electron chi connectivity index (χ2n) is 9.12. The zero-order valence-corrected chi connectivity index (χ0v) is 18.8. The predicted octanol–water partition coefficient (Wildman–Crippen LogP) is 3.75. The first kappa shape index (κ1) is 20.3. The van der Waals surface area contributed by atoms with Crippen LogP contribution in [0.4, 0.5) is 5.82 Å². The molecule has 0 amide bonds. The summed E-state index contributed by atoms with van der Waals surface area (Å²) in [6.45, 7) is 5.09. The highest BCUT2D eigenvalue weighted by molar-refractivity contribution is 7.81. The summed E-state index contributed by atoms with van der Waals surface area (Å²) in [5.41, 5.74) is 3.96. The highest BCUT2D eigenvalue weighted by Gasteiger charge is 2.33. The van der Waals surface area contributed by atoms with E-state index in [0.717, 1.165) is 31.6 Å². The molecule has 0 N–H and O–H groups in total. The van der Waals surface area contributed by atoms with Crippen molar-refractivity contribution >= 4 is 18.6 Å². The van der Waals surface area contributed by atoms with Crippen LogP contribution in [-0.2, 0) is 11.8 Å². The van der Waals surface area contributed by atoms with E-state index in [0.29, 0.717) is 11.8 Å². The van der Waals surface area contributed by atoms with Crippen molar-refractivity contribution in [3.63, 3.8) is 0 Å². The van der Waals surface area contributed by atoms with Crippen LogP contribution in [-0.4, -0.2) is 58.6 Å². The number of pyridine rings is 1. The number of anilines is 1. The molecule has 3 aliphatic rings. The van der Waals surface area contributed by atoms with Crippen LogP contribution < -0.4 is 4.31 Å². The van der Waals surface area contributed by atoms with Gasteiger partial charge in [0.2, 0.25) is 0 Å². The van der Waals surface area contributed by atoms with Gasteiger partial charge < -0.3 is 13.9 Å². The quantitative estimate of drug-likeness (QED) is 0.756. The molecule has 1 saturated heterocycles. The smallest absolute Gasteiger partial charge is 0.142 e. The van der Waals surface area contributed by atoms with Gasteiger partial charge in [0.05, 0.1) is 6.20 Å². The lowest BCUT2D eigenvalue weighted by Gasteiger charge is -2.38. The summed E-state index contributed by atoms with van der Waals surface area (Å²) in [5.74, 6) is 1.94. The average Bonchev–Trinajstić information content (AvgIpc) is 3.31. The molecule has 1 aliphatic carbocycles. The number of aryl methyl sites for hydroxylation is 1. The fraction of sp³-hybridized carbons (Fsp3) is 0.652. The molecule has 2 aliphatic heterocycles. The lowest BCUT2D eigenvalue weighted by atomic mass is 9.80. The van der Waals surface area contributed by atoms with Gasteiger partial charge in [-0.3, -0.25) is 4.68 Å². The van der Waals surface area contributed by atoms with E-state index < -0.39 is 0 Å². The Kier molecular flexibility index (Phi) is 6.03. The molecule has 2 aromatic heterocycles. The van der Waals surface area contributed by atoms with E-state index in [1.165, 1.54) is 68.3 Å². The van der Waals surface area contributed by atoms with Gasteiger partial charge in [0.15, 0.2) is 0 Å². The number of hydrogen-bond acceptors (Lipinski definition) is 6. The molecular formula is C23H33N5OS. The highest BCUT2D eigenvalue weighted by atomic mass is 32.1. The summed E-state index contributed by atoms with van der Waals surface area (Å²) >= 11 is 4.67. The summed E-state index contributed by atoms with van der Waals surface area (Å²) in [6.07, 6.45) is 13.7. The van der Waals surface area contributed by atoms with Gasteiger partial charge in [-0.25, -0.2) is 4.98 Å². The largest absolute Gasteiger partial charge is 0.381 e. The summed E-state index contributed by atoms with van der Waals surface area (Å²) < 4.78 is 9.49. The molecule has 0 spiro atoms. The molecule has 1 atom stereocenters. The third-order valence-corrected chi connectivity index (χ3v) is 7.52. The van der Waals surface area contributed by atoms with Gasteiger partial charge in [0, 0.05) is 69.8 Å². The third-order valence-electron chi connectivity index (χ3n) is 7.17. The Labute approximate surface area is 185 Å². The van der Waals surface area contributed by atoms with Gasteiger partial charge in [-0.1, -0.05) is 12.8 Å². The van der Waals surface area contributed by atoms with E-state index in [1.807, 2.05) is 22.2 Å². The van der Waals surface area contributed by atoms with Crippen LogP contribution in [0.5, 0.6) is 0 Å². The van der Waals surface area contributed by atoms with Crippen molar-refractivity contribution in [2.45, 2.75) is 56.4 Å². The molecule has 162 valence electrons. The summed E-state index contributed by atoms with van der Waals surface area (Å²) in [7, 11) is 1.98. The molecule has 0 aromatic carbocycles. The van der Waals surface area contributed by atoms with E-state index in [2.05, 4.69) is 41.3 Å². The molecule has 0 radical (unpaired) electrons. The van der Waals surface area contributed by atoms with Gasteiger partial charge in [0.1, 0.15) is 5.82 Å². The Morgan fingerprint density at radius 3 is 2.50 bits per heavy atom. The van der Waals surface area contributed by atoms with Crippen molar-refractivity contribution < 1.29 is 4.74 Å². The van der Waals surface area contributed by atoms with Gasteiger partial charge in [0.25, 0.3) is 0 Å². The number of hydrogen-bond donors (Lipinski definition) is 1. The molecule has 7 heteroatoms. The van der Waals surface area contributed by atoms with E-state index in [9.17, 15) is 0 Å². The summed E-state index contributed by atoms with van der Waals surface area (Å²) in [4.78, 5) is 7.56. The Balaban J connectivity index is 1.28. The predicted molar refractivity (Wildman–Crippen MR) is 122 cm³/mol. The maximum Gasteiger partial charge on any atom is 0.142 e. The maximum atomic E-state index is 5.62. The minimum Gasteiger partial charge on any atom is -0.381 e. The van der Waals surface area contributed by atoms with Crippen molar-refractivity contribution in [2.24, 2.45) is 7.05 Å². The second kappa shape index (κ2) is 8.89. The van der Waals surface area contributed by atoms with E-state index in [1.54, 1.807) is 0 Å². The minimum atomic E-state index is 0.304. The fourth-order valence-electron chi connectivity index (χ4n) is 5.54. The zero-order chi connectivity index (χ0) is 20.5. The second-order valence-corrected chi connectivity index (χ2v) is 9.61. The normalized spacial score (nSPS) is 28.2.